The summed E-state index contributed by atoms with van der Waals surface area (Å²) in [7, 11) is -6.65. The summed E-state index contributed by atoms with van der Waals surface area (Å²) < 4.78 is 44.4. The van der Waals surface area contributed by atoms with Crippen LogP contribution in [-0.2, 0) is 18.4 Å². The number of nitrogens with zero attached hydrogens (tertiary/aromatic N) is 2. The van der Waals surface area contributed by atoms with E-state index < -0.39 is 32.6 Å². The molecule has 1 fully saturated rings. The van der Waals surface area contributed by atoms with E-state index in [4.69, 9.17) is 19.3 Å². The molecule has 0 unspecified atom stereocenters. The number of hydrogen-bond acceptors (Lipinski definition) is 6. The second-order valence-corrected chi connectivity index (χ2v) is 36.7. The standard InChI is InChI=1S/C49H32NOP.C38H34BO3P.C17H10BrN/c51-52(36-16-3-1-4-17-36,37-18-5-2-6-19-37)38-29-27-33(28-30-38)47-40-21-9-11-23-42(40)48(43-24-12-10-22-41(43)47)45-32-35-31-34-15-7-14-26-46(34)50-49(35)44-25-13-8-20-39(44)45;1-37(2)38(3,4)42-39(41-37)36-33-21-13-11-19-31(33)35(32-20-12-14-22-34(32)36)27-23-25-30(26-24-27)43(40,28-15-7-5-8-16-28)29-17-9-6-10-18-29;18-15-10-12-9-11-5-1-4-8-16(11)19-17(12)14-7-3-2-6-13(14)15/h1-32H;5-26H,1-4H3;1-10H. The smallest absolute Gasteiger partial charge is 0.399 e. The van der Waals surface area contributed by atoms with Gasteiger partial charge in [0.2, 0.25) is 0 Å². The van der Waals surface area contributed by atoms with Gasteiger partial charge in [-0.3, -0.25) is 0 Å². The molecule has 0 spiro atoms. The van der Waals surface area contributed by atoms with Gasteiger partial charge in [0.05, 0.1) is 33.3 Å². The van der Waals surface area contributed by atoms with Gasteiger partial charge in [0.25, 0.3) is 0 Å². The third-order valence-corrected chi connectivity index (χ3v) is 30.0. The number of rotatable bonds is 10. The second kappa shape index (κ2) is 29.4. The van der Waals surface area contributed by atoms with Crippen molar-refractivity contribution in [1.29, 1.82) is 0 Å². The van der Waals surface area contributed by atoms with Crippen LogP contribution in [0.15, 0.2) is 393 Å². The summed E-state index contributed by atoms with van der Waals surface area (Å²) in [5.41, 5.74) is 11.2. The molecule has 21 rings (SSSR count). The van der Waals surface area contributed by atoms with Gasteiger partial charge < -0.3 is 18.4 Å². The molecule has 6 nitrogen and oxygen atoms in total. The second-order valence-electron chi connectivity index (χ2n) is 30.3. The van der Waals surface area contributed by atoms with E-state index in [-0.39, 0.29) is 0 Å². The average molecular weight is 1570 g/mol. The highest BCUT2D eigenvalue weighted by Gasteiger charge is 2.53. The van der Waals surface area contributed by atoms with Crippen LogP contribution in [-0.4, -0.2) is 28.3 Å². The minimum absolute atomic E-state index is 0.445. The van der Waals surface area contributed by atoms with E-state index in [9.17, 15) is 4.57 Å². The predicted octanol–water partition coefficient (Wildman–Crippen LogP) is 24.7. The summed E-state index contributed by atoms with van der Waals surface area (Å²) in [6.07, 6.45) is 0. The Bertz CT molecular complexity index is 7040. The Balaban J connectivity index is 0.000000126. The number of fused-ring (bicyclic) bond motifs is 12. The normalized spacial score (nSPS) is 13.4. The number of aromatic nitrogens is 2. The van der Waals surface area contributed by atoms with E-state index in [1.54, 1.807) is 0 Å². The maximum atomic E-state index is 15.2. The van der Waals surface area contributed by atoms with Crippen LogP contribution in [0.4, 0.5) is 0 Å². The van der Waals surface area contributed by atoms with E-state index >= 15 is 4.57 Å². The number of para-hydroxylation sites is 2. The Kier molecular flexibility index (Phi) is 18.6. The first-order chi connectivity index (χ1) is 55.7. The molecule has 1 aliphatic heterocycles. The first kappa shape index (κ1) is 72.1. The quantitative estimate of drug-likeness (QED) is 0.0588. The number of halogens is 1. The Hall–Kier alpha value is -12.2. The zero-order valence-electron chi connectivity index (χ0n) is 63.3. The summed E-state index contributed by atoms with van der Waals surface area (Å²) in [5.74, 6) is 0. The highest BCUT2D eigenvalue weighted by Crippen LogP contribution is 2.50. The van der Waals surface area contributed by atoms with Crippen molar-refractivity contribution in [3.8, 4) is 33.4 Å². The van der Waals surface area contributed by atoms with Crippen LogP contribution >= 0.6 is 30.2 Å². The van der Waals surface area contributed by atoms with Gasteiger partial charge in [-0.05, 0) is 157 Å². The van der Waals surface area contributed by atoms with E-state index in [1.807, 2.05) is 146 Å². The van der Waals surface area contributed by atoms with Crippen LogP contribution in [0, 0.1) is 0 Å². The minimum Gasteiger partial charge on any atom is -0.399 e. The molecule has 3 heterocycles. The monoisotopic (exact) mass is 1570 g/mol. The van der Waals surface area contributed by atoms with Gasteiger partial charge in [-0.1, -0.05) is 368 Å². The van der Waals surface area contributed by atoms with E-state index in [0.717, 1.165) is 118 Å². The van der Waals surface area contributed by atoms with Crippen LogP contribution in [0.25, 0.3) is 142 Å². The average Bonchev–Trinajstić information content (AvgIpc) is 0.926. The molecule has 0 aliphatic carbocycles. The van der Waals surface area contributed by atoms with Crippen LogP contribution in [0.3, 0.4) is 0 Å². The Morgan fingerprint density at radius 1 is 0.272 bits per heavy atom. The number of pyridine rings is 2. The summed E-state index contributed by atoms with van der Waals surface area (Å²) in [5, 5.41) is 23.5. The lowest BCUT2D eigenvalue weighted by molar-refractivity contribution is 0.00578. The van der Waals surface area contributed by atoms with Crippen LogP contribution in [0.5, 0.6) is 0 Å². The fraction of sp³-hybridized carbons (Fsp3) is 0.0577. The van der Waals surface area contributed by atoms with E-state index in [1.165, 1.54) is 65.2 Å². The van der Waals surface area contributed by atoms with Crippen molar-refractivity contribution in [3.63, 3.8) is 0 Å². The van der Waals surface area contributed by atoms with Crippen molar-refractivity contribution in [2.45, 2.75) is 38.9 Å². The third kappa shape index (κ3) is 12.5. The topological polar surface area (TPSA) is 78.4 Å². The van der Waals surface area contributed by atoms with Crippen molar-refractivity contribution in [3.05, 3.63) is 393 Å². The summed E-state index contributed by atoms with van der Waals surface area (Å²) in [6.45, 7) is 8.38. The number of hydrogen-bond donors (Lipinski definition) is 0. The van der Waals surface area contributed by atoms with Crippen molar-refractivity contribution in [2.24, 2.45) is 0 Å². The molecule has 114 heavy (non-hydrogen) atoms. The maximum Gasteiger partial charge on any atom is 0.496 e. The van der Waals surface area contributed by atoms with Crippen molar-refractivity contribution in [1.82, 2.24) is 9.97 Å². The van der Waals surface area contributed by atoms with E-state index in [0.29, 0.717) is 0 Å². The van der Waals surface area contributed by atoms with Gasteiger partial charge >= 0.3 is 7.12 Å². The van der Waals surface area contributed by atoms with E-state index in [2.05, 4.69) is 286 Å². The number of benzene rings is 18. The molecule has 0 saturated carbocycles. The Morgan fingerprint density at radius 2 is 0.553 bits per heavy atom. The molecule has 18 aromatic carbocycles. The summed E-state index contributed by atoms with van der Waals surface area (Å²) in [4.78, 5) is 9.99. The highest BCUT2D eigenvalue weighted by atomic mass is 79.9. The molecule has 0 amide bonds. The molecule has 0 atom stereocenters. The summed E-state index contributed by atoms with van der Waals surface area (Å²) in [6, 6.07) is 133. The molecule has 1 saturated heterocycles. The molecule has 10 heteroatoms. The molecular weight excluding hydrogens is 1490 g/mol. The van der Waals surface area contributed by atoms with Crippen LogP contribution in [0.2, 0.25) is 0 Å². The van der Waals surface area contributed by atoms with Gasteiger partial charge in [-0.25, -0.2) is 9.97 Å². The van der Waals surface area contributed by atoms with Crippen molar-refractivity contribution < 1.29 is 18.4 Å². The first-order valence-electron chi connectivity index (χ1n) is 38.7. The molecule has 20 aromatic rings. The minimum atomic E-state index is -3.10. The van der Waals surface area contributed by atoms with Gasteiger partial charge in [0.1, 0.15) is 0 Å². The Morgan fingerprint density at radius 3 is 0.939 bits per heavy atom. The maximum absolute atomic E-state index is 15.2. The Labute approximate surface area is 671 Å². The molecule has 0 N–H and O–H groups in total. The van der Waals surface area contributed by atoms with Crippen LogP contribution < -0.4 is 37.3 Å². The lowest BCUT2D eigenvalue weighted by Crippen LogP contribution is -2.41. The van der Waals surface area contributed by atoms with Gasteiger partial charge in [0.15, 0.2) is 14.3 Å². The molecule has 2 aromatic heterocycles. The van der Waals surface area contributed by atoms with Crippen molar-refractivity contribution >= 4 is 183 Å². The lowest BCUT2D eigenvalue weighted by atomic mass is 9.71. The van der Waals surface area contributed by atoms with Crippen LogP contribution in [0.1, 0.15) is 27.7 Å². The zero-order valence-corrected chi connectivity index (χ0v) is 66.7. The highest BCUT2D eigenvalue weighted by molar-refractivity contribution is 9.10. The molecule has 0 radical (unpaired) electrons. The predicted molar refractivity (Wildman–Crippen MR) is 488 cm³/mol. The fourth-order valence-electron chi connectivity index (χ4n) is 16.9. The SMILES string of the molecule is Brc1cc2cc3ccccc3nc2c2ccccc12.CC1(C)OB(c2c3ccccc3c(-c3ccc(P(=O)(c4ccccc4)c4ccccc4)cc3)c3ccccc23)OC1(C)C.O=P(c1ccccc1)(c1ccccc1)c1ccc(-c2c3ccccc3c(-c3cc4cc5ccccc5nc4c4ccccc34)c3ccccc23)cc1. The molecular formula is C104H76BBrN2O4P2. The van der Waals surface area contributed by atoms with Gasteiger partial charge in [-0.2, -0.15) is 0 Å². The summed E-state index contributed by atoms with van der Waals surface area (Å²) >= 11 is 3.65. The lowest BCUT2D eigenvalue weighted by Gasteiger charge is -2.32. The van der Waals surface area contributed by atoms with Gasteiger partial charge in [0, 0.05) is 68.6 Å². The third-order valence-electron chi connectivity index (χ3n) is 23.2. The first-order valence-corrected chi connectivity index (χ1v) is 42.9. The zero-order chi connectivity index (χ0) is 77.3. The molecule has 546 valence electrons. The fourth-order valence-corrected chi connectivity index (χ4v) is 22.8. The van der Waals surface area contributed by atoms with Gasteiger partial charge in [-0.15, -0.1) is 0 Å². The largest absolute Gasteiger partial charge is 0.496 e. The molecule has 1 aliphatic rings. The van der Waals surface area contributed by atoms with Crippen molar-refractivity contribution in [2.75, 3.05) is 0 Å². The molecule has 0 bridgehead atoms.